The molecule has 2 rings (SSSR count). The second-order valence-corrected chi connectivity index (χ2v) is 7.46. The third-order valence-electron chi connectivity index (χ3n) is 3.90. The molecular formula is C14H15NO4S. The van der Waals surface area contributed by atoms with Gasteiger partial charge in [-0.1, -0.05) is 36.8 Å². The van der Waals surface area contributed by atoms with Crippen molar-refractivity contribution in [3.8, 4) is 6.07 Å². The van der Waals surface area contributed by atoms with E-state index in [4.69, 9.17) is 0 Å². The lowest BCUT2D eigenvalue weighted by Crippen LogP contribution is -2.23. The van der Waals surface area contributed by atoms with Crippen LogP contribution in [-0.2, 0) is 14.6 Å². The number of carboxylic acids is 1. The van der Waals surface area contributed by atoms with Crippen LogP contribution in [0.15, 0.2) is 24.3 Å². The Morgan fingerprint density at radius 1 is 1.40 bits per heavy atom. The average molecular weight is 293 g/mol. The van der Waals surface area contributed by atoms with Crippen molar-refractivity contribution in [2.45, 2.75) is 25.0 Å². The number of aryl methyl sites for hydroxylation is 1. The van der Waals surface area contributed by atoms with Gasteiger partial charge in [0.1, 0.15) is 5.25 Å². The molecule has 1 aliphatic carbocycles. The molecule has 0 aliphatic heterocycles. The fourth-order valence-electron chi connectivity index (χ4n) is 2.67. The second-order valence-electron chi connectivity index (χ2n) is 5.05. The zero-order valence-corrected chi connectivity index (χ0v) is 12.0. The number of rotatable bonds is 4. The van der Waals surface area contributed by atoms with Gasteiger partial charge in [-0.2, -0.15) is 5.26 Å². The molecule has 6 heteroatoms. The van der Waals surface area contributed by atoms with Crippen LogP contribution in [0, 0.1) is 23.7 Å². The maximum Gasteiger partial charge on any atom is 0.326 e. The van der Waals surface area contributed by atoms with Gasteiger partial charge in [-0.25, -0.2) is 8.42 Å². The van der Waals surface area contributed by atoms with E-state index in [1.165, 1.54) is 6.92 Å². The van der Waals surface area contributed by atoms with E-state index in [-0.39, 0.29) is 5.75 Å². The van der Waals surface area contributed by atoms with Crippen molar-refractivity contribution in [3.05, 3.63) is 35.4 Å². The zero-order chi connectivity index (χ0) is 15.1. The van der Waals surface area contributed by atoms with Crippen molar-refractivity contribution in [2.24, 2.45) is 5.41 Å². The van der Waals surface area contributed by atoms with E-state index >= 15 is 0 Å². The number of benzene rings is 1. The molecule has 0 heterocycles. The molecule has 106 valence electrons. The molecule has 5 nitrogen and oxygen atoms in total. The molecule has 0 bridgehead atoms. The Morgan fingerprint density at radius 2 is 1.95 bits per heavy atom. The van der Waals surface area contributed by atoms with Gasteiger partial charge in [0.15, 0.2) is 15.3 Å². The van der Waals surface area contributed by atoms with Crippen LogP contribution in [0.1, 0.15) is 24.0 Å². The molecule has 0 radical (unpaired) electrons. The highest BCUT2D eigenvalue weighted by molar-refractivity contribution is 7.92. The third-order valence-corrected chi connectivity index (χ3v) is 6.12. The minimum atomic E-state index is -3.60. The number of nitrogens with zero attached hydrogens (tertiary/aromatic N) is 1. The van der Waals surface area contributed by atoms with Gasteiger partial charge in [-0.15, -0.1) is 0 Å². The van der Waals surface area contributed by atoms with Crippen LogP contribution < -0.4 is 0 Å². The monoisotopic (exact) mass is 293 g/mol. The van der Waals surface area contributed by atoms with Gasteiger partial charge in [0.2, 0.25) is 0 Å². The van der Waals surface area contributed by atoms with Gasteiger partial charge in [-0.05, 0) is 12.5 Å². The third kappa shape index (κ3) is 1.90. The summed E-state index contributed by atoms with van der Waals surface area (Å²) in [5.74, 6) is -2.33. The summed E-state index contributed by atoms with van der Waals surface area (Å²) < 4.78 is 24.2. The van der Waals surface area contributed by atoms with E-state index in [1.807, 2.05) is 6.92 Å². The van der Waals surface area contributed by atoms with Crippen molar-refractivity contribution in [1.29, 1.82) is 5.26 Å². The molecule has 0 unspecified atom stereocenters. The number of aliphatic carboxylic acids is 1. The molecule has 1 saturated carbocycles. The first-order valence-corrected chi connectivity index (χ1v) is 7.95. The Morgan fingerprint density at radius 3 is 2.35 bits per heavy atom. The molecule has 20 heavy (non-hydrogen) atoms. The van der Waals surface area contributed by atoms with E-state index in [0.717, 1.165) is 5.56 Å². The van der Waals surface area contributed by atoms with Gasteiger partial charge >= 0.3 is 5.97 Å². The van der Waals surface area contributed by atoms with Gasteiger partial charge < -0.3 is 5.11 Å². The SMILES string of the molecule is CCS(=O)(=O)[C@@H]1[C@H](c2ccc(C)cc2)[C@@]1(C#N)C(=O)O. The summed E-state index contributed by atoms with van der Waals surface area (Å²) in [4.78, 5) is 11.5. The largest absolute Gasteiger partial charge is 0.480 e. The second kappa shape index (κ2) is 4.60. The Labute approximate surface area is 117 Å². The van der Waals surface area contributed by atoms with Crippen molar-refractivity contribution in [1.82, 2.24) is 0 Å². The van der Waals surface area contributed by atoms with E-state index in [0.29, 0.717) is 5.56 Å². The summed E-state index contributed by atoms with van der Waals surface area (Å²) in [6, 6.07) is 8.69. The highest BCUT2D eigenvalue weighted by Crippen LogP contribution is 2.63. The maximum atomic E-state index is 12.1. The molecule has 1 aliphatic rings. The molecule has 0 spiro atoms. The summed E-state index contributed by atoms with van der Waals surface area (Å²) in [7, 11) is -3.60. The Balaban J connectivity index is 2.54. The zero-order valence-electron chi connectivity index (χ0n) is 11.2. The predicted molar refractivity (Wildman–Crippen MR) is 72.9 cm³/mol. The smallest absolute Gasteiger partial charge is 0.326 e. The van der Waals surface area contributed by atoms with Gasteiger partial charge in [0, 0.05) is 11.7 Å². The molecular weight excluding hydrogens is 278 g/mol. The number of hydrogen-bond acceptors (Lipinski definition) is 4. The van der Waals surface area contributed by atoms with E-state index in [2.05, 4.69) is 0 Å². The lowest BCUT2D eigenvalue weighted by Gasteiger charge is -2.02. The van der Waals surface area contributed by atoms with Gasteiger partial charge in [-0.3, -0.25) is 4.79 Å². The molecule has 0 amide bonds. The van der Waals surface area contributed by atoms with E-state index in [1.54, 1.807) is 30.3 Å². The van der Waals surface area contributed by atoms with E-state index < -0.39 is 32.4 Å². The van der Waals surface area contributed by atoms with Crippen LogP contribution >= 0.6 is 0 Å². The first kappa shape index (κ1) is 14.5. The summed E-state index contributed by atoms with van der Waals surface area (Å²) in [5, 5.41) is 17.4. The fraction of sp³-hybridized carbons (Fsp3) is 0.429. The van der Waals surface area contributed by atoms with Crippen LogP contribution in [-0.4, -0.2) is 30.5 Å². The first-order chi connectivity index (χ1) is 9.31. The quantitative estimate of drug-likeness (QED) is 0.907. The van der Waals surface area contributed by atoms with Crippen molar-refractivity contribution in [3.63, 3.8) is 0 Å². The number of sulfone groups is 1. The van der Waals surface area contributed by atoms with Crippen molar-refractivity contribution >= 4 is 15.8 Å². The highest BCUT2D eigenvalue weighted by atomic mass is 32.2. The van der Waals surface area contributed by atoms with Crippen molar-refractivity contribution < 1.29 is 18.3 Å². The Kier molecular flexibility index (Phi) is 3.34. The Bertz CT molecular complexity index is 687. The number of nitriles is 1. The summed E-state index contributed by atoms with van der Waals surface area (Å²) in [6.45, 7) is 3.34. The normalized spacial score (nSPS) is 28.6. The van der Waals surface area contributed by atoms with Gasteiger partial charge in [0.05, 0.1) is 6.07 Å². The van der Waals surface area contributed by atoms with E-state index in [9.17, 15) is 23.6 Å². The average Bonchev–Trinajstić information content (AvgIpc) is 3.11. The van der Waals surface area contributed by atoms with Crippen LogP contribution in [0.5, 0.6) is 0 Å². The van der Waals surface area contributed by atoms with Crippen LogP contribution in [0.4, 0.5) is 0 Å². The van der Waals surface area contributed by atoms with Crippen LogP contribution in [0.3, 0.4) is 0 Å². The summed E-state index contributed by atoms with van der Waals surface area (Å²) in [5.41, 5.74) is -0.284. The number of carbonyl (C=O) groups is 1. The molecule has 1 aromatic rings. The topological polar surface area (TPSA) is 95.2 Å². The summed E-state index contributed by atoms with van der Waals surface area (Å²) in [6.07, 6.45) is 0. The lowest BCUT2D eigenvalue weighted by atomic mass is 10.00. The standard InChI is InChI=1S/C14H15NO4S/c1-3-20(18,19)12-11(14(12,8-15)13(16)17)10-6-4-9(2)5-7-10/h4-7,11-12H,3H2,1-2H3,(H,16,17)/t11-,12+,14+/m0/s1. The molecule has 1 N–H and O–H groups in total. The first-order valence-electron chi connectivity index (χ1n) is 6.24. The molecule has 0 saturated heterocycles. The molecule has 3 atom stereocenters. The highest BCUT2D eigenvalue weighted by Gasteiger charge is 2.76. The van der Waals surface area contributed by atoms with Crippen molar-refractivity contribution in [2.75, 3.05) is 5.75 Å². The molecule has 1 aromatic carbocycles. The molecule has 0 aromatic heterocycles. The maximum absolute atomic E-state index is 12.1. The Hall–Kier alpha value is -1.87. The number of carboxylic acid groups (broad SMARTS) is 1. The number of hydrogen-bond donors (Lipinski definition) is 1. The molecule has 1 fully saturated rings. The summed E-state index contributed by atoms with van der Waals surface area (Å²) >= 11 is 0. The van der Waals surface area contributed by atoms with Gasteiger partial charge in [0.25, 0.3) is 0 Å². The van der Waals surface area contributed by atoms with Crippen LogP contribution in [0.25, 0.3) is 0 Å². The van der Waals surface area contributed by atoms with Crippen LogP contribution in [0.2, 0.25) is 0 Å². The predicted octanol–water partition coefficient (Wildman–Crippen LogP) is 1.49. The minimum absolute atomic E-state index is 0.170. The fourth-order valence-corrected chi connectivity index (χ4v) is 4.61. The lowest BCUT2D eigenvalue weighted by molar-refractivity contribution is -0.141. The minimum Gasteiger partial charge on any atom is -0.480 e.